The van der Waals surface area contributed by atoms with Crippen LogP contribution in [-0.2, 0) is 5.41 Å². The number of fused-ring (bicyclic) bond motifs is 1. The fourth-order valence-corrected chi connectivity index (χ4v) is 2.44. The zero-order chi connectivity index (χ0) is 10.3. The number of aliphatic hydroxyl groups is 1. The monoisotopic (exact) mass is 210 g/mol. The highest BCUT2D eigenvalue weighted by Gasteiger charge is 2.23. The molecule has 4 heteroatoms. The topological polar surface area (TPSA) is 44.6 Å². The molecule has 2 rings (SSSR count). The quantitative estimate of drug-likeness (QED) is 0.691. The van der Waals surface area contributed by atoms with Crippen molar-refractivity contribution in [3.8, 4) is 0 Å². The summed E-state index contributed by atoms with van der Waals surface area (Å²) in [4.78, 5) is 6.07. The minimum Gasteiger partial charge on any atom is -0.367 e. The Bertz CT molecular complexity index is 376. The molecule has 0 saturated heterocycles. The Balaban J connectivity index is 2.43. The van der Waals surface area contributed by atoms with Gasteiger partial charge in [0.2, 0.25) is 0 Å². The van der Waals surface area contributed by atoms with E-state index in [9.17, 15) is 5.11 Å². The Morgan fingerprint density at radius 3 is 2.79 bits per heavy atom. The molecule has 0 spiro atoms. The second kappa shape index (κ2) is 3.07. The number of hydrogen-bond donors (Lipinski definition) is 2. The van der Waals surface area contributed by atoms with E-state index < -0.39 is 6.23 Å². The number of aliphatic imine (C=N–C) groups is 1. The number of aliphatic hydroxyl groups excluding tert-OH is 1. The standard InChI is InChI=1S/C10H14N2OS/c1-10(2,3)7-4-6-8(14-7)9(13)12-5-11-6/h4-5,9,13H,1-3H3,(H,11,12). The summed E-state index contributed by atoms with van der Waals surface area (Å²) in [5.74, 6) is 0. The van der Waals surface area contributed by atoms with Crippen LogP contribution in [0.5, 0.6) is 0 Å². The fraction of sp³-hybridized carbons (Fsp3) is 0.500. The van der Waals surface area contributed by atoms with Gasteiger partial charge in [-0.3, -0.25) is 0 Å². The summed E-state index contributed by atoms with van der Waals surface area (Å²) in [6.45, 7) is 6.49. The van der Waals surface area contributed by atoms with Crippen molar-refractivity contribution in [2.45, 2.75) is 32.4 Å². The SMILES string of the molecule is CC(C)(C)c1cc2c(s1)C(O)N=CN2. The molecular formula is C10H14N2OS. The normalized spacial score (nSPS) is 20.4. The molecule has 0 aliphatic carbocycles. The van der Waals surface area contributed by atoms with Crippen LogP contribution >= 0.6 is 11.3 Å². The highest BCUT2D eigenvalue weighted by molar-refractivity contribution is 7.12. The van der Waals surface area contributed by atoms with Crippen LogP contribution in [0.1, 0.15) is 36.8 Å². The first kappa shape index (κ1) is 9.68. The van der Waals surface area contributed by atoms with Crippen molar-refractivity contribution >= 4 is 23.4 Å². The molecule has 76 valence electrons. The number of hydrogen-bond acceptors (Lipinski definition) is 4. The zero-order valence-electron chi connectivity index (χ0n) is 8.53. The third-order valence-corrected chi connectivity index (χ3v) is 3.77. The second-order valence-corrected chi connectivity index (χ2v) is 5.52. The summed E-state index contributed by atoms with van der Waals surface area (Å²) < 4.78 is 0. The van der Waals surface area contributed by atoms with Gasteiger partial charge in [0.1, 0.15) is 0 Å². The third kappa shape index (κ3) is 1.55. The summed E-state index contributed by atoms with van der Waals surface area (Å²) in [7, 11) is 0. The van der Waals surface area contributed by atoms with Gasteiger partial charge < -0.3 is 10.4 Å². The zero-order valence-corrected chi connectivity index (χ0v) is 9.35. The van der Waals surface area contributed by atoms with E-state index in [1.54, 1.807) is 17.7 Å². The minimum absolute atomic E-state index is 0.128. The number of nitrogens with zero attached hydrogens (tertiary/aromatic N) is 1. The molecule has 2 N–H and O–H groups in total. The van der Waals surface area contributed by atoms with Gasteiger partial charge in [0.25, 0.3) is 0 Å². The van der Waals surface area contributed by atoms with Crippen molar-refractivity contribution in [1.29, 1.82) is 0 Å². The van der Waals surface area contributed by atoms with Crippen LogP contribution in [0, 0.1) is 0 Å². The van der Waals surface area contributed by atoms with E-state index in [-0.39, 0.29) is 5.41 Å². The lowest BCUT2D eigenvalue weighted by atomic mass is 9.94. The molecule has 2 heterocycles. The van der Waals surface area contributed by atoms with Crippen LogP contribution in [0.15, 0.2) is 11.1 Å². The molecule has 3 nitrogen and oxygen atoms in total. The van der Waals surface area contributed by atoms with Gasteiger partial charge in [-0.15, -0.1) is 11.3 Å². The number of thiophene rings is 1. The van der Waals surface area contributed by atoms with Crippen LogP contribution in [0.25, 0.3) is 0 Å². The van der Waals surface area contributed by atoms with Crippen LogP contribution in [0.2, 0.25) is 0 Å². The third-order valence-electron chi connectivity index (χ3n) is 2.17. The van der Waals surface area contributed by atoms with Crippen LogP contribution < -0.4 is 5.32 Å². The maximum absolute atomic E-state index is 9.61. The van der Waals surface area contributed by atoms with Gasteiger partial charge in [0.05, 0.1) is 16.9 Å². The van der Waals surface area contributed by atoms with Crippen molar-refractivity contribution in [3.05, 3.63) is 15.8 Å². The summed E-state index contributed by atoms with van der Waals surface area (Å²) in [5.41, 5.74) is 1.12. The van der Waals surface area contributed by atoms with Gasteiger partial charge >= 0.3 is 0 Å². The fourth-order valence-electron chi connectivity index (χ4n) is 1.32. The predicted molar refractivity (Wildman–Crippen MR) is 60.1 cm³/mol. The van der Waals surface area contributed by atoms with Crippen molar-refractivity contribution in [1.82, 2.24) is 0 Å². The summed E-state index contributed by atoms with van der Waals surface area (Å²) in [6, 6.07) is 2.09. The highest BCUT2D eigenvalue weighted by Crippen LogP contribution is 2.39. The molecule has 0 fully saturated rings. The molecule has 0 aromatic carbocycles. The minimum atomic E-state index is -0.688. The molecule has 0 bridgehead atoms. The smallest absolute Gasteiger partial charge is 0.184 e. The largest absolute Gasteiger partial charge is 0.367 e. The van der Waals surface area contributed by atoms with E-state index in [1.807, 2.05) is 0 Å². The summed E-state index contributed by atoms with van der Waals surface area (Å²) in [6.07, 6.45) is 0.860. The van der Waals surface area contributed by atoms with E-state index >= 15 is 0 Å². The van der Waals surface area contributed by atoms with Crippen LogP contribution in [0.3, 0.4) is 0 Å². The molecule has 1 aliphatic rings. The van der Waals surface area contributed by atoms with E-state index in [0.717, 1.165) is 10.6 Å². The average molecular weight is 210 g/mol. The molecule has 1 atom stereocenters. The second-order valence-electron chi connectivity index (χ2n) is 4.43. The van der Waals surface area contributed by atoms with E-state index in [2.05, 4.69) is 37.1 Å². The first-order valence-corrected chi connectivity index (χ1v) is 5.40. The summed E-state index contributed by atoms with van der Waals surface area (Å²) in [5, 5.41) is 12.7. The lowest BCUT2D eigenvalue weighted by Crippen LogP contribution is -2.08. The van der Waals surface area contributed by atoms with Gasteiger partial charge in [0, 0.05) is 4.88 Å². The number of rotatable bonds is 0. The average Bonchev–Trinajstić information content (AvgIpc) is 2.48. The Hall–Kier alpha value is -0.870. The highest BCUT2D eigenvalue weighted by atomic mass is 32.1. The predicted octanol–water partition coefficient (Wildman–Crippen LogP) is 2.49. The van der Waals surface area contributed by atoms with Crippen LogP contribution in [-0.4, -0.2) is 11.4 Å². The van der Waals surface area contributed by atoms with Gasteiger partial charge in [-0.25, -0.2) is 4.99 Å². The first-order valence-electron chi connectivity index (χ1n) is 4.59. The van der Waals surface area contributed by atoms with E-state index in [4.69, 9.17) is 0 Å². The Morgan fingerprint density at radius 1 is 1.50 bits per heavy atom. The maximum Gasteiger partial charge on any atom is 0.184 e. The van der Waals surface area contributed by atoms with Gasteiger partial charge in [0.15, 0.2) is 6.23 Å². The van der Waals surface area contributed by atoms with Gasteiger partial charge in [-0.1, -0.05) is 20.8 Å². The van der Waals surface area contributed by atoms with Crippen molar-refractivity contribution in [2.24, 2.45) is 4.99 Å². The number of anilines is 1. The molecular weight excluding hydrogens is 196 g/mol. The molecule has 1 aliphatic heterocycles. The van der Waals surface area contributed by atoms with Gasteiger partial charge in [-0.05, 0) is 11.5 Å². The lowest BCUT2D eigenvalue weighted by Gasteiger charge is -2.15. The van der Waals surface area contributed by atoms with E-state index in [0.29, 0.717) is 0 Å². The summed E-state index contributed by atoms with van der Waals surface area (Å²) >= 11 is 1.62. The molecule has 0 saturated carbocycles. The van der Waals surface area contributed by atoms with E-state index in [1.165, 1.54) is 4.88 Å². The first-order chi connectivity index (χ1) is 6.48. The maximum atomic E-state index is 9.61. The Kier molecular flexibility index (Phi) is 2.12. The molecule has 1 aromatic heterocycles. The molecule has 0 amide bonds. The van der Waals surface area contributed by atoms with Crippen molar-refractivity contribution < 1.29 is 5.11 Å². The molecule has 1 aromatic rings. The lowest BCUT2D eigenvalue weighted by molar-refractivity contribution is 0.193. The van der Waals surface area contributed by atoms with Crippen molar-refractivity contribution in [3.63, 3.8) is 0 Å². The number of nitrogens with one attached hydrogen (secondary N) is 1. The Morgan fingerprint density at radius 2 is 2.21 bits per heavy atom. The Labute approximate surface area is 87.5 Å². The molecule has 1 unspecified atom stereocenters. The van der Waals surface area contributed by atoms with Crippen molar-refractivity contribution in [2.75, 3.05) is 5.32 Å². The van der Waals surface area contributed by atoms with Gasteiger partial charge in [-0.2, -0.15) is 0 Å². The van der Waals surface area contributed by atoms with Crippen LogP contribution in [0.4, 0.5) is 5.69 Å². The molecule has 0 radical (unpaired) electrons. The molecule has 14 heavy (non-hydrogen) atoms.